The number of anilines is 1. The van der Waals surface area contributed by atoms with Crippen LogP contribution in [0.3, 0.4) is 0 Å². The van der Waals surface area contributed by atoms with Crippen molar-refractivity contribution in [1.29, 1.82) is 0 Å². The fourth-order valence-electron chi connectivity index (χ4n) is 2.44. The molecule has 0 aliphatic carbocycles. The normalized spacial score (nSPS) is 10.9. The summed E-state index contributed by atoms with van der Waals surface area (Å²) < 4.78 is 0. The second kappa shape index (κ2) is 7.82. The van der Waals surface area contributed by atoms with Gasteiger partial charge < -0.3 is 5.32 Å². The van der Waals surface area contributed by atoms with Gasteiger partial charge in [-0.2, -0.15) is 0 Å². The van der Waals surface area contributed by atoms with Gasteiger partial charge in [0.1, 0.15) is 0 Å². The van der Waals surface area contributed by atoms with Gasteiger partial charge in [0.15, 0.2) is 0 Å². The maximum atomic E-state index is 12.3. The highest BCUT2D eigenvalue weighted by molar-refractivity contribution is 6.35. The van der Waals surface area contributed by atoms with Crippen LogP contribution in [0.25, 0.3) is 0 Å². The molecule has 0 aliphatic rings. The number of amides is 1. The lowest BCUT2D eigenvalue weighted by atomic mass is 10.1. The smallest absolute Gasteiger partial charge is 0.238 e. The van der Waals surface area contributed by atoms with E-state index in [9.17, 15) is 4.79 Å². The lowest BCUT2D eigenvalue weighted by molar-refractivity contribution is -0.117. The third-order valence-electron chi connectivity index (χ3n) is 3.65. The molecule has 0 aromatic heterocycles. The zero-order valence-electron chi connectivity index (χ0n) is 13.5. The molecule has 5 heteroatoms. The number of carbonyl (C=O) groups is 1. The van der Waals surface area contributed by atoms with E-state index in [1.54, 1.807) is 12.1 Å². The van der Waals surface area contributed by atoms with Crippen LogP contribution in [0.15, 0.2) is 36.4 Å². The number of nitrogens with zero attached hydrogens (tertiary/aromatic N) is 1. The SMILES string of the molecule is Cc1cccc(C)c1NC(=O)CN(C)Cc1c(Cl)cccc1Cl. The average Bonchev–Trinajstić information content (AvgIpc) is 2.47. The van der Waals surface area contributed by atoms with Crippen LogP contribution < -0.4 is 5.32 Å². The van der Waals surface area contributed by atoms with Gasteiger partial charge in [0.25, 0.3) is 0 Å². The van der Waals surface area contributed by atoms with Gasteiger partial charge in [-0.15, -0.1) is 0 Å². The van der Waals surface area contributed by atoms with Crippen molar-refractivity contribution in [3.05, 3.63) is 63.1 Å². The maximum absolute atomic E-state index is 12.3. The molecule has 122 valence electrons. The van der Waals surface area contributed by atoms with Crippen LogP contribution in [-0.2, 0) is 11.3 Å². The van der Waals surface area contributed by atoms with Gasteiger partial charge in [-0.05, 0) is 44.2 Å². The number of likely N-dealkylation sites (N-methyl/N-ethyl adjacent to an activating group) is 1. The lowest BCUT2D eigenvalue weighted by Gasteiger charge is -2.19. The summed E-state index contributed by atoms with van der Waals surface area (Å²) in [4.78, 5) is 14.2. The van der Waals surface area contributed by atoms with Crippen molar-refractivity contribution in [2.75, 3.05) is 18.9 Å². The molecule has 1 amide bonds. The van der Waals surface area contributed by atoms with Gasteiger partial charge in [-0.1, -0.05) is 47.5 Å². The molecule has 0 saturated heterocycles. The van der Waals surface area contributed by atoms with Crippen molar-refractivity contribution in [2.24, 2.45) is 0 Å². The number of carbonyl (C=O) groups excluding carboxylic acids is 1. The summed E-state index contributed by atoms with van der Waals surface area (Å²) in [6, 6.07) is 11.3. The van der Waals surface area contributed by atoms with Crippen LogP contribution >= 0.6 is 23.2 Å². The molecule has 23 heavy (non-hydrogen) atoms. The molecule has 0 saturated carbocycles. The van der Waals surface area contributed by atoms with E-state index < -0.39 is 0 Å². The summed E-state index contributed by atoms with van der Waals surface area (Å²) in [7, 11) is 1.87. The summed E-state index contributed by atoms with van der Waals surface area (Å²) >= 11 is 12.3. The number of rotatable bonds is 5. The number of halogens is 2. The molecule has 1 N–H and O–H groups in total. The summed E-state index contributed by atoms with van der Waals surface area (Å²) in [5.41, 5.74) is 3.81. The second-order valence-electron chi connectivity index (χ2n) is 5.69. The first-order valence-corrected chi connectivity index (χ1v) is 8.11. The zero-order chi connectivity index (χ0) is 17.0. The quantitative estimate of drug-likeness (QED) is 0.848. The molecule has 0 spiro atoms. The minimum absolute atomic E-state index is 0.0620. The van der Waals surface area contributed by atoms with E-state index in [4.69, 9.17) is 23.2 Å². The van der Waals surface area contributed by atoms with E-state index in [2.05, 4.69) is 5.32 Å². The Labute approximate surface area is 147 Å². The Morgan fingerprint density at radius 2 is 1.57 bits per heavy atom. The molecule has 0 atom stereocenters. The largest absolute Gasteiger partial charge is 0.324 e. The number of nitrogens with one attached hydrogen (secondary N) is 1. The summed E-state index contributed by atoms with van der Waals surface area (Å²) in [5, 5.41) is 4.20. The van der Waals surface area contributed by atoms with Crippen molar-refractivity contribution in [3.63, 3.8) is 0 Å². The molecule has 0 heterocycles. The number of aryl methyl sites for hydroxylation is 2. The number of benzene rings is 2. The van der Waals surface area contributed by atoms with Gasteiger partial charge in [0.05, 0.1) is 6.54 Å². The van der Waals surface area contributed by atoms with Crippen molar-refractivity contribution in [3.8, 4) is 0 Å². The third-order valence-corrected chi connectivity index (χ3v) is 4.36. The Morgan fingerprint density at radius 1 is 1.04 bits per heavy atom. The van der Waals surface area contributed by atoms with Gasteiger partial charge in [-0.3, -0.25) is 9.69 Å². The highest BCUT2D eigenvalue weighted by Gasteiger charge is 2.13. The van der Waals surface area contributed by atoms with Crippen molar-refractivity contribution < 1.29 is 4.79 Å². The van der Waals surface area contributed by atoms with Gasteiger partial charge in [-0.25, -0.2) is 0 Å². The van der Waals surface area contributed by atoms with Crippen LogP contribution in [0.1, 0.15) is 16.7 Å². The minimum Gasteiger partial charge on any atom is -0.324 e. The topological polar surface area (TPSA) is 32.3 Å². The Kier molecular flexibility index (Phi) is 6.05. The van der Waals surface area contributed by atoms with Gasteiger partial charge in [0, 0.05) is 27.8 Å². The van der Waals surface area contributed by atoms with Gasteiger partial charge >= 0.3 is 0 Å². The first-order valence-electron chi connectivity index (χ1n) is 7.36. The van der Waals surface area contributed by atoms with E-state index in [1.165, 1.54) is 0 Å². The molecule has 0 bridgehead atoms. The number of para-hydroxylation sites is 1. The van der Waals surface area contributed by atoms with Crippen molar-refractivity contribution >= 4 is 34.8 Å². The molecule has 0 fully saturated rings. The van der Waals surface area contributed by atoms with Crippen LogP contribution in [0.4, 0.5) is 5.69 Å². The highest BCUT2D eigenvalue weighted by atomic mass is 35.5. The van der Waals surface area contributed by atoms with Crippen LogP contribution in [-0.4, -0.2) is 24.4 Å². The standard InChI is InChI=1S/C18H20Cl2N2O/c1-12-6-4-7-13(2)18(12)21-17(23)11-22(3)10-14-15(19)8-5-9-16(14)20/h4-9H,10-11H2,1-3H3,(H,21,23). The second-order valence-corrected chi connectivity index (χ2v) is 6.50. The first-order chi connectivity index (χ1) is 10.9. The van der Waals surface area contributed by atoms with Gasteiger partial charge in [0.2, 0.25) is 5.91 Å². The summed E-state index contributed by atoms with van der Waals surface area (Å²) in [6.45, 7) is 4.74. The number of hydrogen-bond donors (Lipinski definition) is 1. The lowest BCUT2D eigenvalue weighted by Crippen LogP contribution is -2.30. The molecule has 2 aromatic carbocycles. The van der Waals surface area contributed by atoms with E-state index in [0.717, 1.165) is 22.4 Å². The van der Waals surface area contributed by atoms with Crippen LogP contribution in [0, 0.1) is 13.8 Å². The Balaban J connectivity index is 2.00. The average molecular weight is 351 g/mol. The van der Waals surface area contributed by atoms with E-state index in [0.29, 0.717) is 16.6 Å². The molecular formula is C18H20Cl2N2O. The third kappa shape index (κ3) is 4.71. The molecule has 0 radical (unpaired) electrons. The Bertz CT molecular complexity index is 676. The summed E-state index contributed by atoms with van der Waals surface area (Å²) in [5.74, 6) is -0.0620. The molecule has 3 nitrogen and oxygen atoms in total. The fraction of sp³-hybridized carbons (Fsp3) is 0.278. The molecule has 2 rings (SSSR count). The molecule has 0 unspecified atom stereocenters. The van der Waals surface area contributed by atoms with E-state index in [1.807, 2.05) is 50.1 Å². The molecule has 0 aliphatic heterocycles. The maximum Gasteiger partial charge on any atom is 0.238 e. The number of hydrogen-bond acceptors (Lipinski definition) is 2. The molecule has 2 aromatic rings. The first kappa shape index (κ1) is 17.8. The Hall–Kier alpha value is -1.55. The predicted octanol–water partition coefficient (Wildman–Crippen LogP) is 4.68. The molecular weight excluding hydrogens is 331 g/mol. The highest BCUT2D eigenvalue weighted by Crippen LogP contribution is 2.25. The van der Waals surface area contributed by atoms with E-state index in [-0.39, 0.29) is 12.5 Å². The van der Waals surface area contributed by atoms with Crippen LogP contribution in [0.2, 0.25) is 10.0 Å². The fourth-order valence-corrected chi connectivity index (χ4v) is 2.96. The van der Waals surface area contributed by atoms with Crippen molar-refractivity contribution in [2.45, 2.75) is 20.4 Å². The van der Waals surface area contributed by atoms with Crippen LogP contribution in [0.5, 0.6) is 0 Å². The van der Waals surface area contributed by atoms with E-state index >= 15 is 0 Å². The zero-order valence-corrected chi connectivity index (χ0v) is 15.0. The monoisotopic (exact) mass is 350 g/mol. The minimum atomic E-state index is -0.0620. The van der Waals surface area contributed by atoms with Crippen molar-refractivity contribution in [1.82, 2.24) is 4.90 Å². The Morgan fingerprint density at radius 3 is 2.13 bits per heavy atom. The predicted molar refractivity (Wildman–Crippen MR) is 97.3 cm³/mol. The summed E-state index contributed by atoms with van der Waals surface area (Å²) in [6.07, 6.45) is 0.